The second-order valence-electron chi connectivity index (χ2n) is 4.90. The zero-order valence-corrected chi connectivity index (χ0v) is 11.8. The van der Waals surface area contributed by atoms with Gasteiger partial charge in [-0.2, -0.15) is 13.2 Å². The van der Waals surface area contributed by atoms with Gasteiger partial charge >= 0.3 is 12.3 Å². The van der Waals surface area contributed by atoms with E-state index in [1.54, 1.807) is 0 Å². The number of benzene rings is 1. The largest absolute Gasteiger partial charge is 0.440 e. The molecule has 1 N–H and O–H groups in total. The molecule has 0 fully saturated rings. The second-order valence-corrected chi connectivity index (χ2v) is 5.34. The molecule has 8 heteroatoms. The number of fused-ring (bicyclic) bond motifs is 1. The number of rotatable bonds is 2. The molecule has 1 heterocycles. The van der Waals surface area contributed by atoms with Gasteiger partial charge in [0.15, 0.2) is 5.78 Å². The smallest absolute Gasteiger partial charge is 0.420 e. The number of halogens is 4. The van der Waals surface area contributed by atoms with Gasteiger partial charge in [0.2, 0.25) is 0 Å². The van der Waals surface area contributed by atoms with Crippen molar-refractivity contribution in [2.75, 3.05) is 5.32 Å². The van der Waals surface area contributed by atoms with Crippen LogP contribution >= 0.6 is 11.6 Å². The summed E-state index contributed by atoms with van der Waals surface area (Å²) in [6, 6.07) is 3.49. The standard InChI is InChI=1S/C13H11ClF3NO3/c1-6(2)10(19)12(13(15,16)17)8-5-7(14)3-4-9(8)18-11(20)21-12/h3-6H,1-2H3,(H,18,20)/t12-/m1/s1. The van der Waals surface area contributed by atoms with Crippen LogP contribution in [0.15, 0.2) is 18.2 Å². The fourth-order valence-electron chi connectivity index (χ4n) is 2.19. The van der Waals surface area contributed by atoms with Gasteiger partial charge in [-0.1, -0.05) is 25.4 Å². The number of alkyl halides is 3. The van der Waals surface area contributed by atoms with E-state index in [0.717, 1.165) is 6.07 Å². The number of hydrogen-bond acceptors (Lipinski definition) is 3. The molecule has 1 aliphatic rings. The minimum Gasteiger partial charge on any atom is -0.420 e. The zero-order chi connectivity index (χ0) is 16.0. The molecular formula is C13H11ClF3NO3. The molecule has 1 aliphatic heterocycles. The van der Waals surface area contributed by atoms with Gasteiger partial charge in [0.05, 0.1) is 5.69 Å². The molecule has 2 rings (SSSR count). The Morgan fingerprint density at radius 2 is 2.00 bits per heavy atom. The lowest BCUT2D eigenvalue weighted by atomic mass is 9.81. The Bertz CT molecular complexity index is 615. The first-order chi connectivity index (χ1) is 9.59. The molecule has 0 unspecified atom stereocenters. The van der Waals surface area contributed by atoms with Gasteiger partial charge in [-0.15, -0.1) is 0 Å². The molecule has 0 saturated carbocycles. The normalized spacial score (nSPS) is 21.6. The highest BCUT2D eigenvalue weighted by atomic mass is 35.5. The summed E-state index contributed by atoms with van der Waals surface area (Å²) >= 11 is 5.73. The van der Waals surface area contributed by atoms with Crippen molar-refractivity contribution in [3.05, 3.63) is 28.8 Å². The number of cyclic esters (lactones) is 1. The van der Waals surface area contributed by atoms with Crippen LogP contribution in [0, 0.1) is 5.92 Å². The minimum atomic E-state index is -5.11. The first-order valence-electron chi connectivity index (χ1n) is 6.00. The van der Waals surface area contributed by atoms with Crippen molar-refractivity contribution >= 4 is 29.2 Å². The summed E-state index contributed by atoms with van der Waals surface area (Å²) in [5, 5.41) is 2.13. The lowest BCUT2D eigenvalue weighted by Crippen LogP contribution is -2.56. The molecule has 0 radical (unpaired) electrons. The molecule has 0 bridgehead atoms. The molecule has 4 nitrogen and oxygen atoms in total. The molecule has 114 valence electrons. The lowest BCUT2D eigenvalue weighted by molar-refractivity contribution is -0.255. The van der Waals surface area contributed by atoms with Crippen molar-refractivity contribution in [3.63, 3.8) is 0 Å². The van der Waals surface area contributed by atoms with Gasteiger partial charge in [-0.3, -0.25) is 10.1 Å². The highest BCUT2D eigenvalue weighted by Crippen LogP contribution is 2.49. The van der Waals surface area contributed by atoms with Crippen LogP contribution in [0.2, 0.25) is 5.02 Å². The highest BCUT2D eigenvalue weighted by Gasteiger charge is 2.67. The minimum absolute atomic E-state index is 0.00122. The van der Waals surface area contributed by atoms with E-state index in [4.69, 9.17) is 11.6 Å². The third kappa shape index (κ3) is 2.35. The number of Topliss-reactive ketones (excluding diaryl/α,β-unsaturated/α-hetero) is 1. The number of anilines is 1. The van der Waals surface area contributed by atoms with Crippen LogP contribution in [0.4, 0.5) is 23.7 Å². The third-order valence-electron chi connectivity index (χ3n) is 3.11. The molecule has 0 spiro atoms. The van der Waals surface area contributed by atoms with E-state index in [2.05, 4.69) is 10.1 Å². The summed E-state index contributed by atoms with van der Waals surface area (Å²) in [4.78, 5) is 23.7. The first-order valence-corrected chi connectivity index (χ1v) is 6.38. The predicted octanol–water partition coefficient (Wildman–Crippen LogP) is 3.88. The van der Waals surface area contributed by atoms with Crippen molar-refractivity contribution in [2.45, 2.75) is 25.6 Å². The third-order valence-corrected chi connectivity index (χ3v) is 3.35. The monoisotopic (exact) mass is 321 g/mol. The topological polar surface area (TPSA) is 55.4 Å². The summed E-state index contributed by atoms with van der Waals surface area (Å²) < 4.78 is 45.3. The molecule has 1 aromatic rings. The maximum atomic E-state index is 13.6. The Kier molecular flexibility index (Phi) is 3.65. The Morgan fingerprint density at radius 1 is 1.38 bits per heavy atom. The summed E-state index contributed by atoms with van der Waals surface area (Å²) in [5.41, 5.74) is -4.01. The molecule has 21 heavy (non-hydrogen) atoms. The van der Waals surface area contributed by atoms with Crippen LogP contribution in [-0.2, 0) is 15.1 Å². The summed E-state index contributed by atoms with van der Waals surface area (Å²) in [6.45, 7) is 2.60. The summed E-state index contributed by atoms with van der Waals surface area (Å²) in [6.07, 6.45) is -6.44. The van der Waals surface area contributed by atoms with Gasteiger partial charge < -0.3 is 4.74 Å². The van der Waals surface area contributed by atoms with E-state index in [0.29, 0.717) is 0 Å². The van der Waals surface area contributed by atoms with Gasteiger partial charge in [0.25, 0.3) is 5.60 Å². The predicted molar refractivity (Wildman–Crippen MR) is 69.1 cm³/mol. The zero-order valence-electron chi connectivity index (χ0n) is 11.0. The Balaban J connectivity index is 2.80. The van der Waals surface area contributed by atoms with E-state index < -0.39 is 35.1 Å². The maximum absolute atomic E-state index is 13.6. The Hall–Kier alpha value is -1.76. The summed E-state index contributed by atoms with van der Waals surface area (Å²) in [7, 11) is 0. The van der Waals surface area contributed by atoms with E-state index >= 15 is 0 Å². The van der Waals surface area contributed by atoms with E-state index in [1.807, 2.05) is 0 Å². The number of ketones is 1. The van der Waals surface area contributed by atoms with Gasteiger partial charge in [0, 0.05) is 16.5 Å². The number of amides is 1. The van der Waals surface area contributed by atoms with Crippen LogP contribution in [0.3, 0.4) is 0 Å². The molecular weight excluding hydrogens is 311 g/mol. The number of hydrogen-bond donors (Lipinski definition) is 1. The number of carbonyl (C=O) groups is 2. The number of carbonyl (C=O) groups excluding carboxylic acids is 2. The molecule has 1 atom stereocenters. The van der Waals surface area contributed by atoms with Gasteiger partial charge in [-0.25, -0.2) is 4.79 Å². The van der Waals surface area contributed by atoms with Crippen molar-refractivity contribution in [2.24, 2.45) is 5.92 Å². The fourth-order valence-corrected chi connectivity index (χ4v) is 2.36. The Morgan fingerprint density at radius 3 is 2.52 bits per heavy atom. The first kappa shape index (κ1) is 15.6. The van der Waals surface area contributed by atoms with Crippen LogP contribution in [0.5, 0.6) is 0 Å². The Labute approximate surface area is 123 Å². The molecule has 1 amide bonds. The van der Waals surface area contributed by atoms with Gasteiger partial charge in [-0.05, 0) is 18.2 Å². The van der Waals surface area contributed by atoms with Crippen molar-refractivity contribution in [1.82, 2.24) is 0 Å². The average molecular weight is 322 g/mol. The van der Waals surface area contributed by atoms with Crippen LogP contribution in [0.25, 0.3) is 0 Å². The molecule has 0 aromatic heterocycles. The second kappa shape index (κ2) is 4.91. The van der Waals surface area contributed by atoms with Crippen molar-refractivity contribution < 1.29 is 27.5 Å². The van der Waals surface area contributed by atoms with E-state index in [1.165, 1.54) is 26.0 Å². The van der Waals surface area contributed by atoms with Crippen LogP contribution in [0.1, 0.15) is 19.4 Å². The fraction of sp³-hybridized carbons (Fsp3) is 0.385. The van der Waals surface area contributed by atoms with Crippen molar-refractivity contribution in [3.8, 4) is 0 Å². The van der Waals surface area contributed by atoms with E-state index in [-0.39, 0.29) is 10.7 Å². The number of ether oxygens (including phenoxy) is 1. The van der Waals surface area contributed by atoms with Gasteiger partial charge in [0.1, 0.15) is 0 Å². The average Bonchev–Trinajstić information content (AvgIpc) is 2.35. The van der Waals surface area contributed by atoms with Crippen LogP contribution in [-0.4, -0.2) is 18.1 Å². The molecule has 0 aliphatic carbocycles. The van der Waals surface area contributed by atoms with E-state index in [9.17, 15) is 22.8 Å². The maximum Gasteiger partial charge on any atom is 0.440 e. The molecule has 0 saturated heterocycles. The SMILES string of the molecule is CC(C)C(=O)[C@]1(C(F)(F)F)OC(=O)Nc2ccc(Cl)cc21. The number of nitrogens with one attached hydrogen (secondary N) is 1. The van der Waals surface area contributed by atoms with Crippen LogP contribution < -0.4 is 5.32 Å². The molecule has 1 aromatic carbocycles. The lowest BCUT2D eigenvalue weighted by Gasteiger charge is -2.39. The quantitative estimate of drug-likeness (QED) is 0.899. The van der Waals surface area contributed by atoms with Crippen molar-refractivity contribution in [1.29, 1.82) is 0 Å². The highest BCUT2D eigenvalue weighted by molar-refractivity contribution is 6.30. The summed E-state index contributed by atoms with van der Waals surface area (Å²) in [5.74, 6) is -2.25.